The Labute approximate surface area is 348 Å². The Morgan fingerprint density at radius 2 is 0.589 bits per heavy atom. The van der Waals surface area contributed by atoms with Crippen molar-refractivity contribution >= 4 is 17.9 Å². The van der Waals surface area contributed by atoms with Crippen molar-refractivity contribution in [2.75, 3.05) is 13.2 Å². The molecular formula is C50H96O6. The molecule has 0 aliphatic heterocycles. The van der Waals surface area contributed by atoms with Gasteiger partial charge in [-0.05, 0) is 25.2 Å². The molecule has 0 spiro atoms. The predicted molar refractivity (Wildman–Crippen MR) is 238 cm³/mol. The van der Waals surface area contributed by atoms with Crippen LogP contribution in [0.15, 0.2) is 0 Å². The Balaban J connectivity index is 4.28. The van der Waals surface area contributed by atoms with E-state index >= 15 is 0 Å². The predicted octanol–water partition coefficient (Wildman–Crippen LogP) is 15.9. The fraction of sp³-hybridized carbons (Fsp3) is 0.940. The molecule has 0 N–H and O–H groups in total. The van der Waals surface area contributed by atoms with Gasteiger partial charge in [0.1, 0.15) is 13.2 Å². The molecule has 0 aliphatic carbocycles. The lowest BCUT2D eigenvalue weighted by Crippen LogP contribution is -2.30. The lowest BCUT2D eigenvalue weighted by molar-refractivity contribution is -0.167. The van der Waals surface area contributed by atoms with Gasteiger partial charge in [0.2, 0.25) is 0 Å². The second-order valence-electron chi connectivity index (χ2n) is 17.6. The van der Waals surface area contributed by atoms with Gasteiger partial charge in [-0.2, -0.15) is 0 Å². The Bertz CT molecular complexity index is 841. The van der Waals surface area contributed by atoms with Gasteiger partial charge < -0.3 is 14.2 Å². The molecule has 0 bridgehead atoms. The zero-order chi connectivity index (χ0) is 41.0. The first-order valence-electron chi connectivity index (χ1n) is 24.9. The van der Waals surface area contributed by atoms with Crippen LogP contribution in [0.1, 0.15) is 278 Å². The molecule has 6 nitrogen and oxygen atoms in total. The minimum Gasteiger partial charge on any atom is -0.462 e. The summed E-state index contributed by atoms with van der Waals surface area (Å²) >= 11 is 0. The Kier molecular flexibility index (Phi) is 43.2. The van der Waals surface area contributed by atoms with Gasteiger partial charge in [-0.1, -0.05) is 240 Å². The minimum absolute atomic E-state index is 0.0634. The van der Waals surface area contributed by atoms with Crippen LogP contribution in [0.2, 0.25) is 0 Å². The van der Waals surface area contributed by atoms with E-state index < -0.39 is 6.10 Å². The van der Waals surface area contributed by atoms with Crippen LogP contribution in [0.5, 0.6) is 0 Å². The van der Waals surface area contributed by atoms with Crippen LogP contribution in [-0.4, -0.2) is 37.2 Å². The van der Waals surface area contributed by atoms with Crippen molar-refractivity contribution < 1.29 is 28.6 Å². The Morgan fingerprint density at radius 3 is 0.875 bits per heavy atom. The lowest BCUT2D eigenvalue weighted by Gasteiger charge is -2.18. The second kappa shape index (κ2) is 44.5. The number of hydrogen-bond acceptors (Lipinski definition) is 6. The molecular weight excluding hydrogens is 697 g/mol. The smallest absolute Gasteiger partial charge is 0.306 e. The number of carbonyl (C=O) groups excluding carboxylic acids is 3. The highest BCUT2D eigenvalue weighted by Crippen LogP contribution is 2.17. The van der Waals surface area contributed by atoms with E-state index in [2.05, 4.69) is 27.7 Å². The number of ether oxygens (including phenoxy) is 3. The summed E-state index contributed by atoms with van der Waals surface area (Å²) in [7, 11) is 0. The standard InChI is InChI=1S/C50H96O6/c1-5-7-9-11-13-15-17-18-19-20-21-22-26-30-34-38-42-49(52)55-45-47(44-54-48(51)41-37-33-29-25-16-14-12-10-8-6-2)56-50(53)43-39-35-31-27-23-24-28-32-36-40-46(3)4/h46-47H,5-45H2,1-4H3/t47-/m1/s1. The van der Waals surface area contributed by atoms with E-state index in [9.17, 15) is 14.4 Å². The monoisotopic (exact) mass is 793 g/mol. The van der Waals surface area contributed by atoms with Crippen molar-refractivity contribution in [1.29, 1.82) is 0 Å². The number of hydrogen-bond donors (Lipinski definition) is 0. The van der Waals surface area contributed by atoms with Crippen molar-refractivity contribution in [2.24, 2.45) is 5.92 Å². The van der Waals surface area contributed by atoms with Crippen molar-refractivity contribution in [3.8, 4) is 0 Å². The summed E-state index contributed by atoms with van der Waals surface area (Å²) < 4.78 is 16.8. The first-order chi connectivity index (χ1) is 27.4. The highest BCUT2D eigenvalue weighted by Gasteiger charge is 2.19. The third-order valence-electron chi connectivity index (χ3n) is 11.3. The average Bonchev–Trinajstić information content (AvgIpc) is 3.18. The van der Waals surface area contributed by atoms with E-state index in [1.54, 1.807) is 0 Å². The minimum atomic E-state index is -0.760. The fourth-order valence-electron chi connectivity index (χ4n) is 7.51. The number of rotatable bonds is 45. The topological polar surface area (TPSA) is 78.9 Å². The summed E-state index contributed by atoms with van der Waals surface area (Å²) in [5, 5.41) is 0. The van der Waals surface area contributed by atoms with Gasteiger partial charge in [-0.3, -0.25) is 14.4 Å². The number of unbranched alkanes of at least 4 members (excludes halogenated alkanes) is 32. The summed E-state index contributed by atoms with van der Waals surface area (Å²) in [6.07, 6.45) is 45.2. The van der Waals surface area contributed by atoms with Crippen LogP contribution < -0.4 is 0 Å². The fourth-order valence-corrected chi connectivity index (χ4v) is 7.51. The maximum absolute atomic E-state index is 12.7. The van der Waals surface area contributed by atoms with Gasteiger partial charge in [0.05, 0.1) is 0 Å². The van der Waals surface area contributed by atoms with E-state index in [0.29, 0.717) is 19.3 Å². The molecule has 0 radical (unpaired) electrons. The molecule has 0 saturated heterocycles. The van der Waals surface area contributed by atoms with Gasteiger partial charge in [0.15, 0.2) is 6.10 Å². The van der Waals surface area contributed by atoms with E-state index in [1.165, 1.54) is 173 Å². The van der Waals surface area contributed by atoms with Crippen molar-refractivity contribution in [3.63, 3.8) is 0 Å². The molecule has 0 saturated carbocycles. The van der Waals surface area contributed by atoms with Crippen molar-refractivity contribution in [2.45, 2.75) is 284 Å². The molecule has 332 valence electrons. The Hall–Kier alpha value is -1.59. The van der Waals surface area contributed by atoms with Crippen LogP contribution in [0, 0.1) is 5.92 Å². The first kappa shape index (κ1) is 54.4. The molecule has 0 unspecified atom stereocenters. The number of esters is 3. The molecule has 0 amide bonds. The lowest BCUT2D eigenvalue weighted by atomic mass is 10.0. The van der Waals surface area contributed by atoms with Gasteiger partial charge in [0.25, 0.3) is 0 Å². The van der Waals surface area contributed by atoms with Gasteiger partial charge >= 0.3 is 17.9 Å². The van der Waals surface area contributed by atoms with E-state index in [-0.39, 0.29) is 31.1 Å². The first-order valence-corrected chi connectivity index (χ1v) is 24.9. The van der Waals surface area contributed by atoms with Gasteiger partial charge in [-0.25, -0.2) is 0 Å². The van der Waals surface area contributed by atoms with Crippen LogP contribution in [0.3, 0.4) is 0 Å². The maximum atomic E-state index is 12.7. The molecule has 0 fully saturated rings. The molecule has 6 heteroatoms. The second-order valence-corrected chi connectivity index (χ2v) is 17.6. The zero-order valence-electron chi connectivity index (χ0n) is 38.1. The zero-order valence-corrected chi connectivity index (χ0v) is 38.1. The van der Waals surface area contributed by atoms with Crippen LogP contribution in [-0.2, 0) is 28.6 Å². The molecule has 56 heavy (non-hydrogen) atoms. The van der Waals surface area contributed by atoms with Crippen molar-refractivity contribution in [1.82, 2.24) is 0 Å². The number of carbonyl (C=O) groups is 3. The van der Waals surface area contributed by atoms with Crippen LogP contribution in [0.25, 0.3) is 0 Å². The maximum Gasteiger partial charge on any atom is 0.306 e. The molecule has 0 aromatic rings. The average molecular weight is 793 g/mol. The van der Waals surface area contributed by atoms with Crippen LogP contribution >= 0.6 is 0 Å². The van der Waals surface area contributed by atoms with E-state index in [0.717, 1.165) is 63.7 Å². The highest BCUT2D eigenvalue weighted by molar-refractivity contribution is 5.71. The largest absolute Gasteiger partial charge is 0.462 e. The highest BCUT2D eigenvalue weighted by atomic mass is 16.6. The molecule has 0 aromatic heterocycles. The third kappa shape index (κ3) is 43.5. The molecule has 0 aromatic carbocycles. The third-order valence-corrected chi connectivity index (χ3v) is 11.3. The van der Waals surface area contributed by atoms with Gasteiger partial charge in [-0.15, -0.1) is 0 Å². The van der Waals surface area contributed by atoms with E-state index in [1.807, 2.05) is 0 Å². The molecule has 1 atom stereocenters. The molecule has 0 rings (SSSR count). The molecule has 0 aliphatic rings. The summed E-state index contributed by atoms with van der Waals surface area (Å²) in [6, 6.07) is 0. The SMILES string of the molecule is CCCCCCCCCCCCCCCCCCC(=O)OC[C@@H](COC(=O)CCCCCCCCCCCC)OC(=O)CCCCCCCCCCCC(C)C. The Morgan fingerprint density at radius 1 is 0.339 bits per heavy atom. The summed E-state index contributed by atoms with van der Waals surface area (Å²) in [5.41, 5.74) is 0. The summed E-state index contributed by atoms with van der Waals surface area (Å²) in [5.74, 6) is -0.0440. The summed E-state index contributed by atoms with van der Waals surface area (Å²) in [4.78, 5) is 37.8. The normalized spacial score (nSPS) is 11.9. The van der Waals surface area contributed by atoms with Crippen molar-refractivity contribution in [3.05, 3.63) is 0 Å². The van der Waals surface area contributed by atoms with E-state index in [4.69, 9.17) is 14.2 Å². The van der Waals surface area contributed by atoms with Gasteiger partial charge in [0, 0.05) is 19.3 Å². The van der Waals surface area contributed by atoms with Crippen LogP contribution in [0.4, 0.5) is 0 Å². The molecule has 0 heterocycles. The summed E-state index contributed by atoms with van der Waals surface area (Å²) in [6.45, 7) is 8.99. The quantitative estimate of drug-likeness (QED) is 0.0347.